The van der Waals surface area contributed by atoms with E-state index in [0.29, 0.717) is 0 Å². The Kier molecular flexibility index (Phi) is 7.60. The van der Waals surface area contributed by atoms with Gasteiger partial charge in [-0.3, -0.25) is 0 Å². The van der Waals surface area contributed by atoms with Crippen LogP contribution in [0.15, 0.2) is 24.3 Å². The molecule has 0 amide bonds. The van der Waals surface area contributed by atoms with E-state index >= 15 is 0 Å². The number of hydrogen-bond donors (Lipinski definition) is 0. The van der Waals surface area contributed by atoms with E-state index in [0.717, 1.165) is 0 Å². The molecule has 0 aliphatic rings. The Bertz CT molecular complexity index is 165. The van der Waals surface area contributed by atoms with Crippen LogP contribution in [0.1, 0.15) is 11.1 Å². The molecule has 1 aromatic rings. The van der Waals surface area contributed by atoms with E-state index < -0.39 is 0 Å². The van der Waals surface area contributed by atoms with Crippen LogP contribution in [0.3, 0.4) is 0 Å². The molecule has 0 radical (unpaired) electrons. The van der Waals surface area contributed by atoms with Crippen molar-refractivity contribution in [1.82, 2.24) is 0 Å². The zero-order valence-corrected chi connectivity index (χ0v) is 8.89. The van der Waals surface area contributed by atoms with Crippen molar-refractivity contribution >= 4 is 0 Å². The van der Waals surface area contributed by atoms with E-state index in [1.165, 1.54) is 11.1 Å². The van der Waals surface area contributed by atoms with Crippen LogP contribution in [0.2, 0.25) is 0 Å². The molecule has 0 aromatic heterocycles. The van der Waals surface area contributed by atoms with Crippen molar-refractivity contribution < 1.29 is 29.6 Å². The van der Waals surface area contributed by atoms with Gasteiger partial charge in [-0.25, -0.2) is 0 Å². The topological polar surface area (TPSA) is 33.5 Å². The summed E-state index contributed by atoms with van der Waals surface area (Å²) in [5, 5.41) is 0. The number of benzene rings is 1. The van der Waals surface area contributed by atoms with Crippen LogP contribution >= 0.6 is 0 Å². The Balaban J connectivity index is 0. The fourth-order valence-corrected chi connectivity index (χ4v) is 0.663. The molecule has 1 nitrogen and oxygen atoms in total. The molecule has 0 aliphatic heterocycles. The molecule has 50 valence electrons. The Morgan fingerprint density at radius 2 is 1.20 bits per heavy atom. The van der Waals surface area contributed by atoms with Crippen LogP contribution in [-0.4, -0.2) is 0 Å². The molecule has 0 fully saturated rings. The molecule has 1 aromatic carbocycles. The largest absolute Gasteiger partial charge is 1.00 e. The Hall–Kier alpha value is 0.180. The summed E-state index contributed by atoms with van der Waals surface area (Å²) in [6.45, 7) is 4.24. The van der Waals surface area contributed by atoms with Crippen LogP contribution in [-0.2, 0) is 0 Å². The SMILES string of the molecule is Cc1ccccc1C.[NH2-].[Na+]. The molecule has 10 heavy (non-hydrogen) atoms. The molecule has 1 rings (SSSR count). The summed E-state index contributed by atoms with van der Waals surface area (Å²) in [5.41, 5.74) is 2.74. The molecular formula is C8H12NNa. The van der Waals surface area contributed by atoms with E-state index in [2.05, 4.69) is 38.1 Å². The number of aryl methyl sites for hydroxylation is 2. The van der Waals surface area contributed by atoms with E-state index in [1.54, 1.807) is 0 Å². The molecule has 0 spiro atoms. The molecule has 0 heterocycles. The third-order valence-corrected chi connectivity index (χ3v) is 1.43. The zero-order chi connectivity index (χ0) is 5.98. The van der Waals surface area contributed by atoms with Crippen molar-refractivity contribution in [2.24, 2.45) is 0 Å². The summed E-state index contributed by atoms with van der Waals surface area (Å²) < 4.78 is 0. The van der Waals surface area contributed by atoms with Crippen molar-refractivity contribution in [3.63, 3.8) is 0 Å². The first-order valence-corrected chi connectivity index (χ1v) is 2.83. The molecular weight excluding hydrogens is 133 g/mol. The van der Waals surface area contributed by atoms with Gasteiger partial charge in [-0.2, -0.15) is 0 Å². The van der Waals surface area contributed by atoms with Crippen LogP contribution in [0.25, 0.3) is 6.15 Å². The molecule has 0 saturated carbocycles. The summed E-state index contributed by atoms with van der Waals surface area (Å²) in [6, 6.07) is 8.36. The second-order valence-electron chi connectivity index (χ2n) is 2.08. The van der Waals surface area contributed by atoms with Gasteiger partial charge >= 0.3 is 29.6 Å². The average molecular weight is 145 g/mol. The van der Waals surface area contributed by atoms with Crippen LogP contribution in [0, 0.1) is 13.8 Å². The van der Waals surface area contributed by atoms with Gasteiger partial charge in [0.2, 0.25) is 0 Å². The zero-order valence-electron chi connectivity index (χ0n) is 6.89. The van der Waals surface area contributed by atoms with E-state index in [-0.39, 0.29) is 35.7 Å². The normalized spacial score (nSPS) is 7.40. The smallest absolute Gasteiger partial charge is 0.693 e. The molecule has 0 bridgehead atoms. The molecule has 2 N–H and O–H groups in total. The molecule has 2 heteroatoms. The molecule has 0 atom stereocenters. The summed E-state index contributed by atoms with van der Waals surface area (Å²) in [7, 11) is 0. The maximum atomic E-state index is 2.12. The summed E-state index contributed by atoms with van der Waals surface area (Å²) in [6.07, 6.45) is 0. The summed E-state index contributed by atoms with van der Waals surface area (Å²) in [5.74, 6) is 0. The predicted octanol–water partition coefficient (Wildman–Crippen LogP) is 0.0245. The van der Waals surface area contributed by atoms with Gasteiger partial charge in [-0.1, -0.05) is 24.3 Å². The number of rotatable bonds is 0. The average Bonchev–Trinajstić information content (AvgIpc) is 1.77. The summed E-state index contributed by atoms with van der Waals surface area (Å²) in [4.78, 5) is 0. The van der Waals surface area contributed by atoms with Crippen molar-refractivity contribution in [2.75, 3.05) is 0 Å². The van der Waals surface area contributed by atoms with Gasteiger partial charge in [0.15, 0.2) is 0 Å². The first-order chi connectivity index (χ1) is 3.80. The van der Waals surface area contributed by atoms with Crippen LogP contribution in [0.5, 0.6) is 0 Å². The van der Waals surface area contributed by atoms with Gasteiger partial charge in [0.05, 0.1) is 0 Å². The van der Waals surface area contributed by atoms with E-state index in [4.69, 9.17) is 0 Å². The maximum absolute atomic E-state index is 2.12. The van der Waals surface area contributed by atoms with Gasteiger partial charge < -0.3 is 6.15 Å². The van der Waals surface area contributed by atoms with Gasteiger partial charge in [-0.15, -0.1) is 0 Å². The standard InChI is InChI=1S/C8H10.H2N.Na/c1-7-5-3-4-6-8(7)2;;/h3-6H,1-2H3;1H2;/q;-1;+1. The number of nitrogens with two attached hydrogens (primary N) is 1. The van der Waals surface area contributed by atoms with Crippen LogP contribution in [0.4, 0.5) is 0 Å². The Labute approximate surface area is 84.7 Å². The minimum Gasteiger partial charge on any atom is -0.693 e. The fraction of sp³-hybridized carbons (Fsp3) is 0.250. The first kappa shape index (κ1) is 12.8. The van der Waals surface area contributed by atoms with Crippen molar-refractivity contribution in [3.05, 3.63) is 41.5 Å². The first-order valence-electron chi connectivity index (χ1n) is 2.83. The minimum absolute atomic E-state index is 0. The third-order valence-electron chi connectivity index (χ3n) is 1.43. The quantitative estimate of drug-likeness (QED) is 0.461. The number of hydrogen-bond acceptors (Lipinski definition) is 0. The van der Waals surface area contributed by atoms with E-state index in [1.807, 2.05) is 0 Å². The minimum atomic E-state index is 0. The second-order valence-corrected chi connectivity index (χ2v) is 2.08. The van der Waals surface area contributed by atoms with Gasteiger partial charge in [0.25, 0.3) is 0 Å². The van der Waals surface area contributed by atoms with Crippen LogP contribution < -0.4 is 29.6 Å². The monoisotopic (exact) mass is 145 g/mol. The van der Waals surface area contributed by atoms with Crippen molar-refractivity contribution in [2.45, 2.75) is 13.8 Å². The Morgan fingerprint density at radius 1 is 0.900 bits per heavy atom. The van der Waals surface area contributed by atoms with Gasteiger partial charge in [0, 0.05) is 0 Å². The molecule has 0 aliphatic carbocycles. The van der Waals surface area contributed by atoms with E-state index in [9.17, 15) is 0 Å². The maximum Gasteiger partial charge on any atom is 1.00 e. The van der Waals surface area contributed by atoms with Crippen molar-refractivity contribution in [1.29, 1.82) is 0 Å². The second kappa shape index (κ2) is 5.93. The summed E-state index contributed by atoms with van der Waals surface area (Å²) >= 11 is 0. The van der Waals surface area contributed by atoms with Gasteiger partial charge in [-0.05, 0) is 25.0 Å². The molecule has 0 saturated heterocycles. The predicted molar refractivity (Wildman–Crippen MR) is 41.2 cm³/mol. The van der Waals surface area contributed by atoms with Crippen molar-refractivity contribution in [3.8, 4) is 0 Å². The van der Waals surface area contributed by atoms with Gasteiger partial charge in [0.1, 0.15) is 0 Å². The molecule has 0 unspecified atom stereocenters. The fourth-order valence-electron chi connectivity index (χ4n) is 0.663. The third kappa shape index (κ3) is 3.37. The Morgan fingerprint density at radius 3 is 1.40 bits per heavy atom.